The Kier molecular flexibility index (Phi) is 8.68. The normalized spacial score (nSPS) is 49.2. The Morgan fingerprint density at radius 1 is 1.00 bits per heavy atom. The average Bonchev–Trinajstić information content (AvgIpc) is 3.48. The number of aliphatic hydroxyl groups excluding tert-OH is 1. The average molecular weight is 635 g/mol. The van der Waals surface area contributed by atoms with E-state index in [9.17, 15) is 24.6 Å². The smallest absolute Gasteiger partial charge is 0.331 e. The molecule has 0 aromatic rings. The quantitative estimate of drug-likeness (QED) is 0.252. The third-order valence-electron chi connectivity index (χ3n) is 12.9. The molecule has 1 saturated heterocycles. The number of methoxy groups -OCH3 is 1. The molecule has 11 heteroatoms. The Bertz CT molecular complexity index is 1220. The van der Waals surface area contributed by atoms with Gasteiger partial charge in [0, 0.05) is 44.8 Å². The molecule has 2 heterocycles. The molecule has 14 atom stereocenters. The van der Waals surface area contributed by atoms with Crippen molar-refractivity contribution in [2.75, 3.05) is 13.7 Å². The van der Waals surface area contributed by atoms with Crippen LogP contribution in [0.15, 0.2) is 11.6 Å². The Morgan fingerprint density at radius 3 is 2.38 bits per heavy atom. The minimum absolute atomic E-state index is 0.0121. The van der Waals surface area contributed by atoms with Gasteiger partial charge >= 0.3 is 17.9 Å². The number of cyclic esters (lactones) is 1. The topological polar surface area (TPSA) is 147 Å². The monoisotopic (exact) mass is 634 g/mol. The Hall–Kier alpha value is -2.05. The van der Waals surface area contributed by atoms with Gasteiger partial charge in [0.1, 0.15) is 24.9 Å². The molecule has 0 unspecified atom stereocenters. The van der Waals surface area contributed by atoms with Gasteiger partial charge in [0.05, 0.1) is 17.8 Å². The molecule has 6 aliphatic rings. The molecule has 4 saturated carbocycles. The number of fused-ring (bicyclic) bond motifs is 5. The number of carbonyl (C=O) groups is 3. The van der Waals surface area contributed by atoms with E-state index in [1.54, 1.807) is 6.92 Å². The first-order valence-electron chi connectivity index (χ1n) is 16.7. The lowest BCUT2D eigenvalue weighted by molar-refractivity contribution is -0.315. The molecule has 5 fully saturated rings. The van der Waals surface area contributed by atoms with E-state index in [2.05, 4.69) is 13.8 Å². The van der Waals surface area contributed by atoms with Crippen molar-refractivity contribution in [3.63, 3.8) is 0 Å². The molecule has 45 heavy (non-hydrogen) atoms. The molecule has 0 radical (unpaired) electrons. The lowest BCUT2D eigenvalue weighted by atomic mass is 9.43. The van der Waals surface area contributed by atoms with Gasteiger partial charge in [-0.15, -0.1) is 0 Å². The molecule has 6 rings (SSSR count). The predicted molar refractivity (Wildman–Crippen MR) is 158 cm³/mol. The lowest BCUT2D eigenvalue weighted by Crippen LogP contribution is -2.63. The molecule has 0 aromatic heterocycles. The van der Waals surface area contributed by atoms with Crippen molar-refractivity contribution < 1.29 is 53.0 Å². The fourth-order valence-electron chi connectivity index (χ4n) is 10.7. The largest absolute Gasteiger partial charge is 0.462 e. The zero-order valence-corrected chi connectivity index (χ0v) is 27.4. The van der Waals surface area contributed by atoms with Crippen LogP contribution in [-0.2, 0) is 42.8 Å². The summed E-state index contributed by atoms with van der Waals surface area (Å²) in [6.07, 6.45) is 3.26. The van der Waals surface area contributed by atoms with Crippen molar-refractivity contribution in [2.24, 2.45) is 34.5 Å². The molecule has 11 nitrogen and oxygen atoms in total. The van der Waals surface area contributed by atoms with Crippen LogP contribution in [0.3, 0.4) is 0 Å². The first-order valence-corrected chi connectivity index (χ1v) is 16.7. The predicted octanol–water partition coefficient (Wildman–Crippen LogP) is 3.22. The van der Waals surface area contributed by atoms with Gasteiger partial charge in [-0.2, -0.15) is 0 Å². The van der Waals surface area contributed by atoms with Gasteiger partial charge in [0.2, 0.25) is 0 Å². The third kappa shape index (κ3) is 5.34. The molecular weight excluding hydrogens is 584 g/mol. The molecule has 0 bridgehead atoms. The maximum absolute atomic E-state index is 12.8. The number of carbonyl (C=O) groups excluding carboxylic acids is 3. The fourth-order valence-corrected chi connectivity index (χ4v) is 10.7. The summed E-state index contributed by atoms with van der Waals surface area (Å²) in [5.74, 6) is -0.838. The highest BCUT2D eigenvalue weighted by atomic mass is 16.7. The van der Waals surface area contributed by atoms with Crippen molar-refractivity contribution in [3.8, 4) is 0 Å². The minimum Gasteiger partial charge on any atom is -0.462 e. The van der Waals surface area contributed by atoms with Crippen molar-refractivity contribution in [2.45, 2.75) is 135 Å². The van der Waals surface area contributed by atoms with E-state index >= 15 is 0 Å². The van der Waals surface area contributed by atoms with Crippen LogP contribution in [0.25, 0.3) is 0 Å². The zero-order chi connectivity index (χ0) is 32.5. The summed E-state index contributed by atoms with van der Waals surface area (Å²) in [7, 11) is 1.48. The van der Waals surface area contributed by atoms with E-state index in [-0.39, 0.29) is 47.8 Å². The van der Waals surface area contributed by atoms with E-state index in [4.69, 9.17) is 28.4 Å². The maximum atomic E-state index is 12.8. The Labute approximate surface area is 265 Å². The van der Waals surface area contributed by atoms with Crippen molar-refractivity contribution in [1.82, 2.24) is 0 Å². The highest BCUT2D eigenvalue weighted by Crippen LogP contribution is 2.70. The van der Waals surface area contributed by atoms with Crippen LogP contribution < -0.4 is 0 Å². The van der Waals surface area contributed by atoms with Gasteiger partial charge in [0.15, 0.2) is 12.4 Å². The second kappa shape index (κ2) is 11.9. The molecule has 0 amide bonds. The standard InChI is InChI=1S/C34H50O11/c1-17-28(38)29(40-6)30(44-19(3)36)31(42-17)45-22-9-11-32(4)21(14-22)7-8-24-23(32)10-12-33(5)27(20-13-26(37)41-16-20)25(43-18(2)35)15-34(24,33)39/h13,17,21-25,27-31,38-39H,7-12,14-16H2,1-6H3/t17-,21-,22-,23+,24+,25-,27+,28-,29-,30+,31+,32+,33-,34+/m0/s1. The van der Waals surface area contributed by atoms with Crippen molar-refractivity contribution in [1.29, 1.82) is 0 Å². The second-order valence-corrected chi connectivity index (χ2v) is 15.0. The molecule has 252 valence electrons. The Morgan fingerprint density at radius 2 is 1.73 bits per heavy atom. The SMILES string of the molecule is CO[C@H]1[C@@H](O)[C@H](C)O[C@H](O[C@H]2CC[C@]3(C)[C@@H](CC[C@@H]4[C@H]3CC[C@@]3(C)[C@H](C5=CC(=O)OC5)[C@@H](OC(C)=O)C[C@@]43O)C2)[C@@H]1OC(C)=O. The first kappa shape index (κ1) is 32.9. The van der Waals surface area contributed by atoms with Crippen LogP contribution in [0.4, 0.5) is 0 Å². The van der Waals surface area contributed by atoms with Gasteiger partial charge < -0.3 is 38.6 Å². The molecule has 0 aromatic carbocycles. The molecular formula is C34H50O11. The van der Waals surface area contributed by atoms with Crippen LogP contribution in [-0.4, -0.2) is 90.4 Å². The van der Waals surface area contributed by atoms with Gasteiger partial charge in [-0.3, -0.25) is 9.59 Å². The van der Waals surface area contributed by atoms with E-state index in [0.717, 1.165) is 50.5 Å². The summed E-state index contributed by atoms with van der Waals surface area (Å²) in [6.45, 7) is 9.14. The van der Waals surface area contributed by atoms with Gasteiger partial charge in [-0.1, -0.05) is 13.8 Å². The molecule has 0 spiro atoms. The minimum atomic E-state index is -1.05. The lowest BCUT2D eigenvalue weighted by Gasteiger charge is -2.63. The van der Waals surface area contributed by atoms with E-state index in [0.29, 0.717) is 12.3 Å². The summed E-state index contributed by atoms with van der Waals surface area (Å²) in [5.41, 5.74) is -0.800. The summed E-state index contributed by atoms with van der Waals surface area (Å²) >= 11 is 0. The number of rotatable bonds is 6. The number of esters is 3. The van der Waals surface area contributed by atoms with Crippen LogP contribution in [0.2, 0.25) is 0 Å². The highest BCUT2D eigenvalue weighted by molar-refractivity contribution is 5.85. The van der Waals surface area contributed by atoms with Crippen LogP contribution in [0, 0.1) is 34.5 Å². The molecule has 2 aliphatic heterocycles. The number of aliphatic hydroxyl groups is 2. The van der Waals surface area contributed by atoms with E-state index < -0.39 is 53.8 Å². The first-order chi connectivity index (χ1) is 21.2. The summed E-state index contributed by atoms with van der Waals surface area (Å²) < 4.78 is 34.8. The van der Waals surface area contributed by atoms with Crippen LogP contribution in [0.5, 0.6) is 0 Å². The van der Waals surface area contributed by atoms with Gasteiger partial charge in [0.25, 0.3) is 0 Å². The van der Waals surface area contributed by atoms with Crippen molar-refractivity contribution in [3.05, 3.63) is 11.6 Å². The van der Waals surface area contributed by atoms with Crippen LogP contribution >= 0.6 is 0 Å². The number of ether oxygens (including phenoxy) is 6. The zero-order valence-electron chi connectivity index (χ0n) is 27.4. The Balaban J connectivity index is 1.20. The van der Waals surface area contributed by atoms with Crippen molar-refractivity contribution >= 4 is 17.9 Å². The second-order valence-electron chi connectivity index (χ2n) is 15.0. The van der Waals surface area contributed by atoms with Gasteiger partial charge in [-0.25, -0.2) is 4.79 Å². The van der Waals surface area contributed by atoms with E-state index in [1.165, 1.54) is 27.0 Å². The summed E-state index contributed by atoms with van der Waals surface area (Å²) in [4.78, 5) is 36.2. The molecule has 2 N–H and O–H groups in total. The number of hydrogen-bond donors (Lipinski definition) is 2. The third-order valence-corrected chi connectivity index (χ3v) is 12.9. The van der Waals surface area contributed by atoms with Gasteiger partial charge in [-0.05, 0) is 80.6 Å². The maximum Gasteiger partial charge on any atom is 0.331 e. The fraction of sp³-hybridized carbons (Fsp3) is 0.853. The highest BCUT2D eigenvalue weighted by Gasteiger charge is 2.71. The summed E-state index contributed by atoms with van der Waals surface area (Å²) in [6, 6.07) is 0. The van der Waals surface area contributed by atoms with E-state index in [1.807, 2.05) is 0 Å². The molecule has 4 aliphatic carbocycles. The number of hydrogen-bond acceptors (Lipinski definition) is 11. The summed E-state index contributed by atoms with van der Waals surface area (Å²) in [5, 5.41) is 23.4. The van der Waals surface area contributed by atoms with Crippen LogP contribution in [0.1, 0.15) is 86.0 Å².